The number of carbonyl (C=O) groups excluding carboxylic acids is 2. The molecule has 0 aliphatic rings. The summed E-state index contributed by atoms with van der Waals surface area (Å²) in [6.07, 6.45) is 3.18. The molecule has 1 heterocycles. The fourth-order valence-electron chi connectivity index (χ4n) is 2.58. The summed E-state index contributed by atoms with van der Waals surface area (Å²) in [7, 11) is 0. The second kappa shape index (κ2) is 8.14. The van der Waals surface area contributed by atoms with Crippen LogP contribution in [0.25, 0.3) is 0 Å². The SMILES string of the molecule is CC(=O)Nc1cccc(NC(=O)c2cncc(Nc3ccccc3C)c2)c1. The van der Waals surface area contributed by atoms with E-state index in [1.54, 1.807) is 36.5 Å². The van der Waals surface area contributed by atoms with Gasteiger partial charge in [0.05, 0.1) is 17.4 Å². The lowest BCUT2D eigenvalue weighted by Crippen LogP contribution is -2.13. The summed E-state index contributed by atoms with van der Waals surface area (Å²) in [5, 5.41) is 8.78. The van der Waals surface area contributed by atoms with Crippen molar-refractivity contribution in [2.45, 2.75) is 13.8 Å². The zero-order chi connectivity index (χ0) is 19.2. The second-order valence-electron chi connectivity index (χ2n) is 6.12. The summed E-state index contributed by atoms with van der Waals surface area (Å²) >= 11 is 0. The summed E-state index contributed by atoms with van der Waals surface area (Å²) in [4.78, 5) is 27.9. The average molecular weight is 360 g/mol. The number of hydrogen-bond acceptors (Lipinski definition) is 4. The number of aromatic nitrogens is 1. The predicted octanol–water partition coefficient (Wildman–Crippen LogP) is 4.34. The molecule has 2 aromatic carbocycles. The predicted molar refractivity (Wildman–Crippen MR) is 107 cm³/mol. The van der Waals surface area contributed by atoms with Crippen LogP contribution >= 0.6 is 0 Å². The van der Waals surface area contributed by atoms with Crippen molar-refractivity contribution in [3.63, 3.8) is 0 Å². The van der Waals surface area contributed by atoms with E-state index < -0.39 is 0 Å². The van der Waals surface area contributed by atoms with Gasteiger partial charge in [-0.05, 0) is 42.8 Å². The third-order valence-electron chi connectivity index (χ3n) is 3.87. The quantitative estimate of drug-likeness (QED) is 0.632. The number of benzene rings is 2. The molecular formula is C21H20N4O2. The maximum Gasteiger partial charge on any atom is 0.257 e. The van der Waals surface area contributed by atoms with E-state index in [9.17, 15) is 9.59 Å². The van der Waals surface area contributed by atoms with Crippen molar-refractivity contribution >= 4 is 34.6 Å². The van der Waals surface area contributed by atoms with Gasteiger partial charge < -0.3 is 16.0 Å². The van der Waals surface area contributed by atoms with E-state index in [0.29, 0.717) is 16.9 Å². The van der Waals surface area contributed by atoms with Gasteiger partial charge in [0.15, 0.2) is 0 Å². The first kappa shape index (κ1) is 18.1. The summed E-state index contributed by atoms with van der Waals surface area (Å²) in [6.45, 7) is 3.44. The van der Waals surface area contributed by atoms with Gasteiger partial charge in [-0.2, -0.15) is 0 Å². The number of carbonyl (C=O) groups is 2. The molecule has 0 saturated carbocycles. The van der Waals surface area contributed by atoms with E-state index in [4.69, 9.17) is 0 Å². The Morgan fingerprint density at radius 2 is 1.59 bits per heavy atom. The van der Waals surface area contributed by atoms with Crippen LogP contribution in [0, 0.1) is 6.92 Å². The van der Waals surface area contributed by atoms with Crippen molar-refractivity contribution < 1.29 is 9.59 Å². The highest BCUT2D eigenvalue weighted by Crippen LogP contribution is 2.21. The summed E-state index contributed by atoms with van der Waals surface area (Å²) in [6, 6.07) is 16.6. The van der Waals surface area contributed by atoms with Gasteiger partial charge in [0.2, 0.25) is 5.91 Å². The van der Waals surface area contributed by atoms with E-state index in [2.05, 4.69) is 20.9 Å². The van der Waals surface area contributed by atoms with Gasteiger partial charge in [0.25, 0.3) is 5.91 Å². The molecule has 0 bridgehead atoms. The highest BCUT2D eigenvalue weighted by Gasteiger charge is 2.09. The Labute approximate surface area is 157 Å². The molecule has 0 fully saturated rings. The van der Waals surface area contributed by atoms with Crippen LogP contribution in [0.2, 0.25) is 0 Å². The van der Waals surface area contributed by atoms with Crippen LogP contribution in [0.3, 0.4) is 0 Å². The number of nitrogens with one attached hydrogen (secondary N) is 3. The number of hydrogen-bond donors (Lipinski definition) is 3. The Balaban J connectivity index is 1.74. The van der Waals surface area contributed by atoms with Gasteiger partial charge in [-0.1, -0.05) is 24.3 Å². The van der Waals surface area contributed by atoms with E-state index in [-0.39, 0.29) is 11.8 Å². The van der Waals surface area contributed by atoms with Gasteiger partial charge in [0, 0.05) is 30.2 Å². The monoisotopic (exact) mass is 360 g/mol. The lowest BCUT2D eigenvalue weighted by Gasteiger charge is -2.11. The number of nitrogens with zero attached hydrogens (tertiary/aromatic N) is 1. The Morgan fingerprint density at radius 3 is 2.33 bits per heavy atom. The minimum absolute atomic E-state index is 0.169. The van der Waals surface area contributed by atoms with E-state index >= 15 is 0 Å². The van der Waals surface area contributed by atoms with Crippen molar-refractivity contribution in [2.75, 3.05) is 16.0 Å². The Hall–Kier alpha value is -3.67. The molecule has 27 heavy (non-hydrogen) atoms. The van der Waals surface area contributed by atoms with Gasteiger partial charge in [0.1, 0.15) is 0 Å². The first-order chi connectivity index (χ1) is 13.0. The van der Waals surface area contributed by atoms with E-state index in [1.807, 2.05) is 31.2 Å². The van der Waals surface area contributed by atoms with Crippen molar-refractivity contribution in [1.29, 1.82) is 0 Å². The number of anilines is 4. The fourth-order valence-corrected chi connectivity index (χ4v) is 2.58. The van der Waals surface area contributed by atoms with Crippen molar-refractivity contribution in [2.24, 2.45) is 0 Å². The van der Waals surface area contributed by atoms with Gasteiger partial charge in [-0.25, -0.2) is 0 Å². The lowest BCUT2D eigenvalue weighted by atomic mass is 10.2. The largest absolute Gasteiger partial charge is 0.354 e. The molecule has 6 nitrogen and oxygen atoms in total. The maximum atomic E-state index is 12.6. The normalized spacial score (nSPS) is 10.1. The van der Waals surface area contributed by atoms with E-state index in [0.717, 1.165) is 16.9 Å². The molecule has 0 atom stereocenters. The smallest absolute Gasteiger partial charge is 0.257 e. The number of rotatable bonds is 5. The van der Waals surface area contributed by atoms with Crippen LogP contribution in [0.1, 0.15) is 22.8 Å². The van der Waals surface area contributed by atoms with Gasteiger partial charge >= 0.3 is 0 Å². The van der Waals surface area contributed by atoms with Crippen LogP contribution in [-0.4, -0.2) is 16.8 Å². The van der Waals surface area contributed by atoms with E-state index in [1.165, 1.54) is 13.1 Å². The molecule has 3 aromatic rings. The standard InChI is InChI=1S/C21H20N4O2/c1-14-6-3-4-9-20(14)24-19-10-16(12-22-13-19)21(27)25-18-8-5-7-17(11-18)23-15(2)26/h3-13,24H,1-2H3,(H,23,26)(H,25,27). The molecule has 0 saturated heterocycles. The molecule has 3 rings (SSSR count). The summed E-state index contributed by atoms with van der Waals surface area (Å²) in [5.41, 5.74) is 4.42. The molecule has 3 N–H and O–H groups in total. The molecule has 0 spiro atoms. The lowest BCUT2D eigenvalue weighted by molar-refractivity contribution is -0.114. The van der Waals surface area contributed by atoms with Crippen LogP contribution < -0.4 is 16.0 Å². The zero-order valence-electron chi connectivity index (χ0n) is 15.1. The maximum absolute atomic E-state index is 12.6. The van der Waals surface area contributed by atoms with Crippen molar-refractivity contribution in [3.8, 4) is 0 Å². The minimum atomic E-state index is -0.282. The molecule has 0 aliphatic carbocycles. The molecular weight excluding hydrogens is 340 g/mol. The molecule has 0 unspecified atom stereocenters. The highest BCUT2D eigenvalue weighted by molar-refractivity contribution is 6.05. The number of aryl methyl sites for hydroxylation is 1. The molecule has 2 amide bonds. The molecule has 136 valence electrons. The third-order valence-corrected chi connectivity index (χ3v) is 3.87. The number of pyridine rings is 1. The molecule has 0 aliphatic heterocycles. The molecule has 0 radical (unpaired) electrons. The average Bonchev–Trinajstić information content (AvgIpc) is 2.64. The molecule has 1 aromatic heterocycles. The first-order valence-electron chi connectivity index (χ1n) is 8.48. The minimum Gasteiger partial charge on any atom is -0.354 e. The Morgan fingerprint density at radius 1 is 0.852 bits per heavy atom. The van der Waals surface area contributed by atoms with Gasteiger partial charge in [-0.3, -0.25) is 14.6 Å². The summed E-state index contributed by atoms with van der Waals surface area (Å²) in [5.74, 6) is -0.450. The number of amides is 2. The van der Waals surface area contributed by atoms with Crippen molar-refractivity contribution in [3.05, 3.63) is 78.1 Å². The number of para-hydroxylation sites is 1. The Bertz CT molecular complexity index is 985. The van der Waals surface area contributed by atoms with Crippen LogP contribution in [0.4, 0.5) is 22.7 Å². The van der Waals surface area contributed by atoms with Crippen LogP contribution in [0.15, 0.2) is 67.0 Å². The highest BCUT2D eigenvalue weighted by atomic mass is 16.2. The van der Waals surface area contributed by atoms with Crippen LogP contribution in [0.5, 0.6) is 0 Å². The fraction of sp³-hybridized carbons (Fsp3) is 0.0952. The Kier molecular flexibility index (Phi) is 5.47. The van der Waals surface area contributed by atoms with Crippen LogP contribution in [-0.2, 0) is 4.79 Å². The van der Waals surface area contributed by atoms with Crippen molar-refractivity contribution in [1.82, 2.24) is 4.98 Å². The second-order valence-corrected chi connectivity index (χ2v) is 6.12. The summed E-state index contributed by atoms with van der Waals surface area (Å²) < 4.78 is 0. The third kappa shape index (κ3) is 4.92. The zero-order valence-corrected chi connectivity index (χ0v) is 15.1. The first-order valence-corrected chi connectivity index (χ1v) is 8.48. The topological polar surface area (TPSA) is 83.1 Å². The molecule has 6 heteroatoms. The van der Waals surface area contributed by atoms with Gasteiger partial charge in [-0.15, -0.1) is 0 Å².